The third-order valence-electron chi connectivity index (χ3n) is 2.95. The number of amides is 1. The number of nitrogens with one attached hydrogen (secondary N) is 2. The number of carbonyl (C=O) groups excluding carboxylic acids is 1. The van der Waals surface area contributed by atoms with Crippen LogP contribution in [0.2, 0.25) is 0 Å². The number of hydrogen-bond acceptors (Lipinski definition) is 4. The molecule has 2 N–H and O–H groups in total. The van der Waals surface area contributed by atoms with E-state index < -0.39 is 0 Å². The first-order chi connectivity index (χ1) is 9.25. The largest absolute Gasteiger partial charge is 0.382 e. The summed E-state index contributed by atoms with van der Waals surface area (Å²) in [5.41, 5.74) is 1.79. The number of carbonyl (C=O) groups is 1. The van der Waals surface area contributed by atoms with Crippen molar-refractivity contribution in [3.63, 3.8) is 0 Å². The second-order valence-electron chi connectivity index (χ2n) is 4.18. The van der Waals surface area contributed by atoms with Gasteiger partial charge in [0.2, 0.25) is 0 Å². The molecule has 0 atom stereocenters. The zero-order valence-electron chi connectivity index (χ0n) is 9.98. The van der Waals surface area contributed by atoms with Crippen LogP contribution in [-0.2, 0) is 6.42 Å². The molecule has 3 rings (SSSR count). The fourth-order valence-electron chi connectivity index (χ4n) is 2.07. The molecule has 0 radical (unpaired) electrons. The number of fused-ring (bicyclic) bond motifs is 1. The van der Waals surface area contributed by atoms with Gasteiger partial charge in [-0.3, -0.25) is 9.78 Å². The first-order valence-corrected chi connectivity index (χ1v) is 5.88. The van der Waals surface area contributed by atoms with Gasteiger partial charge in [0.05, 0.1) is 23.8 Å². The zero-order valence-corrected chi connectivity index (χ0v) is 9.98. The van der Waals surface area contributed by atoms with Crippen LogP contribution in [-0.4, -0.2) is 22.4 Å². The molecule has 5 nitrogen and oxygen atoms in total. The lowest BCUT2D eigenvalue weighted by Gasteiger charge is -2.08. The van der Waals surface area contributed by atoms with Crippen molar-refractivity contribution < 1.29 is 9.18 Å². The average Bonchev–Trinajstić information content (AvgIpc) is 2.90. The summed E-state index contributed by atoms with van der Waals surface area (Å²) in [6, 6.07) is 3.44. The van der Waals surface area contributed by atoms with Crippen LogP contribution in [0.3, 0.4) is 0 Å². The summed E-state index contributed by atoms with van der Waals surface area (Å²) in [6.07, 6.45) is 4.81. The number of aromatic nitrogens is 2. The van der Waals surface area contributed by atoms with Crippen molar-refractivity contribution in [3.8, 4) is 0 Å². The van der Waals surface area contributed by atoms with E-state index >= 15 is 0 Å². The van der Waals surface area contributed by atoms with E-state index in [1.807, 2.05) is 0 Å². The van der Waals surface area contributed by atoms with E-state index in [1.165, 1.54) is 6.20 Å². The summed E-state index contributed by atoms with van der Waals surface area (Å²) in [5.74, 6) is -0.753. The van der Waals surface area contributed by atoms with E-state index in [-0.39, 0.29) is 17.4 Å². The molecule has 6 heteroatoms. The Balaban J connectivity index is 1.91. The summed E-state index contributed by atoms with van der Waals surface area (Å²) >= 11 is 0. The molecule has 96 valence electrons. The molecule has 19 heavy (non-hydrogen) atoms. The molecule has 2 aromatic rings. The highest BCUT2D eigenvalue weighted by Gasteiger charge is 2.23. The van der Waals surface area contributed by atoms with Crippen molar-refractivity contribution in [2.24, 2.45) is 0 Å². The molecule has 0 spiro atoms. The molecular formula is C13H11FN4O. The van der Waals surface area contributed by atoms with E-state index in [2.05, 4.69) is 20.6 Å². The van der Waals surface area contributed by atoms with Crippen LogP contribution in [0.25, 0.3) is 0 Å². The fourth-order valence-corrected chi connectivity index (χ4v) is 2.07. The van der Waals surface area contributed by atoms with E-state index in [0.717, 1.165) is 6.20 Å². The molecule has 1 amide bonds. The van der Waals surface area contributed by atoms with Gasteiger partial charge in [0.15, 0.2) is 5.69 Å². The standard InChI is InChI=1S/C13H11FN4O/c14-10-7-17-12(11-9(10)3-5-16-11)13(19)18-8-2-1-4-15-6-8/h1-2,4,6-7,16H,3,5H2,(H,18,19). The smallest absolute Gasteiger partial charge is 0.276 e. The predicted octanol–water partition coefficient (Wildman–Crippen LogP) is 1.84. The van der Waals surface area contributed by atoms with Gasteiger partial charge in [-0.2, -0.15) is 0 Å². The Bertz CT molecular complexity index is 630. The monoisotopic (exact) mass is 258 g/mol. The van der Waals surface area contributed by atoms with Gasteiger partial charge in [-0.15, -0.1) is 0 Å². The molecule has 0 bridgehead atoms. The minimum Gasteiger partial charge on any atom is -0.382 e. The molecule has 0 aromatic carbocycles. The SMILES string of the molecule is O=C(Nc1cccnc1)c1ncc(F)c2c1NCC2. The van der Waals surface area contributed by atoms with Crippen LogP contribution in [0.5, 0.6) is 0 Å². The highest BCUT2D eigenvalue weighted by atomic mass is 19.1. The maximum Gasteiger partial charge on any atom is 0.276 e. The Labute approximate surface area is 108 Å². The molecule has 0 saturated heterocycles. The zero-order chi connectivity index (χ0) is 13.2. The van der Waals surface area contributed by atoms with Gasteiger partial charge >= 0.3 is 0 Å². The quantitative estimate of drug-likeness (QED) is 0.862. The number of halogens is 1. The number of anilines is 2. The van der Waals surface area contributed by atoms with Crippen molar-refractivity contribution in [1.82, 2.24) is 9.97 Å². The van der Waals surface area contributed by atoms with Crippen LogP contribution < -0.4 is 10.6 Å². The Morgan fingerprint density at radius 2 is 2.32 bits per heavy atom. The molecule has 0 unspecified atom stereocenters. The van der Waals surface area contributed by atoms with Crippen molar-refractivity contribution in [1.29, 1.82) is 0 Å². The summed E-state index contributed by atoms with van der Waals surface area (Å²) in [4.78, 5) is 19.9. The lowest BCUT2D eigenvalue weighted by molar-refractivity contribution is 0.102. The second kappa shape index (κ2) is 4.64. The number of hydrogen-bond donors (Lipinski definition) is 2. The van der Waals surface area contributed by atoms with Gasteiger partial charge in [-0.1, -0.05) is 0 Å². The number of pyridine rings is 2. The molecule has 1 aliphatic rings. The van der Waals surface area contributed by atoms with E-state index in [9.17, 15) is 9.18 Å². The first-order valence-electron chi connectivity index (χ1n) is 5.88. The van der Waals surface area contributed by atoms with E-state index in [0.29, 0.717) is 29.9 Å². The van der Waals surface area contributed by atoms with Crippen molar-refractivity contribution in [2.75, 3.05) is 17.2 Å². The van der Waals surface area contributed by atoms with Gasteiger partial charge in [0.25, 0.3) is 5.91 Å². The lowest BCUT2D eigenvalue weighted by atomic mass is 10.1. The van der Waals surface area contributed by atoms with Crippen LogP contribution in [0.4, 0.5) is 15.8 Å². The summed E-state index contributed by atoms with van der Waals surface area (Å²) in [5, 5.41) is 5.68. The maximum absolute atomic E-state index is 13.5. The second-order valence-corrected chi connectivity index (χ2v) is 4.18. The van der Waals surface area contributed by atoms with Gasteiger partial charge < -0.3 is 10.6 Å². The highest BCUT2D eigenvalue weighted by Crippen LogP contribution is 2.27. The molecule has 3 heterocycles. The first kappa shape index (κ1) is 11.6. The van der Waals surface area contributed by atoms with Crippen LogP contribution >= 0.6 is 0 Å². The predicted molar refractivity (Wildman–Crippen MR) is 68.6 cm³/mol. The molecule has 0 fully saturated rings. The summed E-state index contributed by atoms with van der Waals surface area (Å²) in [7, 11) is 0. The molecule has 1 aliphatic heterocycles. The van der Waals surface area contributed by atoms with Crippen LogP contribution in [0, 0.1) is 5.82 Å². The highest BCUT2D eigenvalue weighted by molar-refractivity contribution is 6.07. The normalized spacial score (nSPS) is 12.7. The Hall–Kier alpha value is -2.50. The number of rotatable bonds is 2. The summed E-state index contributed by atoms with van der Waals surface area (Å²) in [6.45, 7) is 0.616. The van der Waals surface area contributed by atoms with Gasteiger partial charge in [-0.25, -0.2) is 9.37 Å². The minimum absolute atomic E-state index is 0.206. The Kier molecular flexibility index (Phi) is 2.83. The van der Waals surface area contributed by atoms with Crippen molar-refractivity contribution in [3.05, 3.63) is 47.8 Å². The maximum atomic E-state index is 13.5. The lowest BCUT2D eigenvalue weighted by Crippen LogP contribution is -2.16. The Morgan fingerprint density at radius 3 is 3.11 bits per heavy atom. The average molecular weight is 258 g/mol. The van der Waals surface area contributed by atoms with E-state index in [1.54, 1.807) is 18.3 Å². The number of nitrogens with zero attached hydrogens (tertiary/aromatic N) is 2. The third kappa shape index (κ3) is 2.12. The summed E-state index contributed by atoms with van der Waals surface area (Å²) < 4.78 is 13.5. The Morgan fingerprint density at radius 1 is 1.42 bits per heavy atom. The van der Waals surface area contributed by atoms with Crippen molar-refractivity contribution >= 4 is 17.3 Å². The van der Waals surface area contributed by atoms with Crippen LogP contribution in [0.15, 0.2) is 30.7 Å². The van der Waals surface area contributed by atoms with Gasteiger partial charge in [-0.05, 0) is 18.6 Å². The van der Waals surface area contributed by atoms with Gasteiger partial charge in [0.1, 0.15) is 5.82 Å². The minimum atomic E-state index is -0.377. The molecular weight excluding hydrogens is 247 g/mol. The molecule has 0 saturated carbocycles. The molecule has 0 aliphatic carbocycles. The fraction of sp³-hybridized carbons (Fsp3) is 0.154. The molecule has 2 aromatic heterocycles. The van der Waals surface area contributed by atoms with E-state index in [4.69, 9.17) is 0 Å². The van der Waals surface area contributed by atoms with Gasteiger partial charge in [0, 0.05) is 18.3 Å². The van der Waals surface area contributed by atoms with Crippen LogP contribution in [0.1, 0.15) is 16.1 Å². The topological polar surface area (TPSA) is 66.9 Å². The third-order valence-corrected chi connectivity index (χ3v) is 2.95. The van der Waals surface area contributed by atoms with Crippen molar-refractivity contribution in [2.45, 2.75) is 6.42 Å².